The molecule has 2 aliphatic rings. The van der Waals surface area contributed by atoms with E-state index in [1.807, 2.05) is 25.3 Å². The fraction of sp³-hybridized carbons (Fsp3) is 0.556. The number of hydrogen-bond donors (Lipinski definition) is 1. The van der Waals surface area contributed by atoms with Crippen LogP contribution in [-0.2, 0) is 9.47 Å². The van der Waals surface area contributed by atoms with Gasteiger partial charge in [0.15, 0.2) is 0 Å². The molecule has 0 spiro atoms. The molecule has 0 aromatic rings. The van der Waals surface area contributed by atoms with Crippen molar-refractivity contribution in [3.8, 4) is 0 Å². The van der Waals surface area contributed by atoms with Crippen LogP contribution in [0.1, 0.15) is 0 Å². The van der Waals surface area contributed by atoms with Crippen LogP contribution in [0.2, 0.25) is 0 Å². The molecule has 12 heavy (non-hydrogen) atoms. The van der Waals surface area contributed by atoms with Gasteiger partial charge < -0.3 is 14.8 Å². The second-order valence-corrected chi connectivity index (χ2v) is 3.08. The Morgan fingerprint density at radius 3 is 3.33 bits per heavy atom. The van der Waals surface area contributed by atoms with Gasteiger partial charge in [-0.15, -0.1) is 0 Å². The summed E-state index contributed by atoms with van der Waals surface area (Å²) in [5.41, 5.74) is -0.260. The number of allylic oxidation sites excluding steroid dienone is 2. The second-order valence-electron chi connectivity index (χ2n) is 3.08. The maximum atomic E-state index is 5.56. The van der Waals surface area contributed by atoms with Crippen molar-refractivity contribution in [2.45, 2.75) is 11.7 Å². The summed E-state index contributed by atoms with van der Waals surface area (Å²) in [7, 11) is 1.92. The van der Waals surface area contributed by atoms with Crippen LogP contribution in [0.3, 0.4) is 0 Å². The third-order valence-electron chi connectivity index (χ3n) is 2.29. The van der Waals surface area contributed by atoms with Crippen LogP contribution in [0.4, 0.5) is 0 Å². The maximum absolute atomic E-state index is 5.56. The zero-order valence-electron chi connectivity index (χ0n) is 7.12. The molecule has 0 aromatic heterocycles. The lowest BCUT2D eigenvalue weighted by Gasteiger charge is -2.29. The molecule has 1 N–H and O–H groups in total. The van der Waals surface area contributed by atoms with Gasteiger partial charge in [0, 0.05) is 6.54 Å². The number of fused-ring (bicyclic) bond motifs is 1. The topological polar surface area (TPSA) is 30.5 Å². The molecule has 0 bridgehead atoms. The van der Waals surface area contributed by atoms with E-state index < -0.39 is 0 Å². The molecule has 1 fully saturated rings. The summed E-state index contributed by atoms with van der Waals surface area (Å²) in [6.45, 7) is 1.18. The maximum Gasteiger partial charge on any atom is 0.149 e. The summed E-state index contributed by atoms with van der Waals surface area (Å²) >= 11 is 0. The molecular formula is C9H13NO2. The Morgan fingerprint density at radius 2 is 2.50 bits per heavy atom. The lowest BCUT2D eigenvalue weighted by Crippen LogP contribution is -2.46. The zero-order chi connectivity index (χ0) is 8.44. The molecule has 1 aliphatic carbocycles. The molecule has 3 nitrogen and oxygen atoms in total. The molecule has 2 atom stereocenters. The molecule has 0 saturated carbocycles. The van der Waals surface area contributed by atoms with Gasteiger partial charge in [-0.3, -0.25) is 0 Å². The average Bonchev–Trinajstić information content (AvgIpc) is 2.48. The lowest BCUT2D eigenvalue weighted by atomic mass is 9.92. The molecule has 1 heterocycles. The van der Waals surface area contributed by atoms with Gasteiger partial charge >= 0.3 is 0 Å². The van der Waals surface area contributed by atoms with Gasteiger partial charge in [-0.1, -0.05) is 18.2 Å². The van der Waals surface area contributed by atoms with Crippen molar-refractivity contribution in [1.29, 1.82) is 0 Å². The number of nitrogens with one attached hydrogen (secondary N) is 1. The largest absolute Gasteiger partial charge is 0.345 e. The van der Waals surface area contributed by atoms with Gasteiger partial charge in [0.1, 0.15) is 18.5 Å². The van der Waals surface area contributed by atoms with Crippen LogP contribution in [-0.4, -0.2) is 32.1 Å². The van der Waals surface area contributed by atoms with Crippen LogP contribution in [0, 0.1) is 0 Å². The fourth-order valence-electron chi connectivity index (χ4n) is 1.67. The van der Waals surface area contributed by atoms with E-state index >= 15 is 0 Å². The van der Waals surface area contributed by atoms with Crippen LogP contribution in [0.15, 0.2) is 24.3 Å². The monoisotopic (exact) mass is 167 g/mol. The lowest BCUT2D eigenvalue weighted by molar-refractivity contribution is 0.0183. The summed E-state index contributed by atoms with van der Waals surface area (Å²) in [6, 6.07) is 0. The van der Waals surface area contributed by atoms with Crippen molar-refractivity contribution in [1.82, 2.24) is 5.32 Å². The first-order chi connectivity index (χ1) is 5.87. The van der Waals surface area contributed by atoms with Crippen molar-refractivity contribution >= 4 is 0 Å². The van der Waals surface area contributed by atoms with E-state index in [2.05, 4.69) is 11.4 Å². The van der Waals surface area contributed by atoms with Crippen LogP contribution < -0.4 is 5.32 Å². The van der Waals surface area contributed by atoms with Gasteiger partial charge in [-0.2, -0.15) is 0 Å². The summed E-state index contributed by atoms with van der Waals surface area (Å²) in [5.74, 6) is 0. The summed E-state index contributed by atoms with van der Waals surface area (Å²) in [5, 5.41) is 3.11. The highest BCUT2D eigenvalue weighted by Crippen LogP contribution is 2.30. The van der Waals surface area contributed by atoms with E-state index in [9.17, 15) is 0 Å². The van der Waals surface area contributed by atoms with Crippen molar-refractivity contribution in [3.63, 3.8) is 0 Å². The van der Waals surface area contributed by atoms with Gasteiger partial charge in [0.2, 0.25) is 0 Å². The standard InChI is InChI=1S/C9H13NO2/c1-10-6-9-5-3-2-4-8(9)11-7-12-9/h2-5,8,10H,6-7H2,1H3. The zero-order valence-corrected chi connectivity index (χ0v) is 7.12. The molecule has 2 unspecified atom stereocenters. The molecular weight excluding hydrogens is 154 g/mol. The van der Waals surface area contributed by atoms with Crippen LogP contribution in [0.5, 0.6) is 0 Å². The third-order valence-corrected chi connectivity index (χ3v) is 2.29. The van der Waals surface area contributed by atoms with E-state index in [0.29, 0.717) is 6.79 Å². The van der Waals surface area contributed by atoms with E-state index in [1.54, 1.807) is 0 Å². The smallest absolute Gasteiger partial charge is 0.149 e. The molecule has 66 valence electrons. The predicted octanol–water partition coefficient (Wildman–Crippen LogP) is 0.443. The predicted molar refractivity (Wildman–Crippen MR) is 45.8 cm³/mol. The molecule has 1 saturated heterocycles. The van der Waals surface area contributed by atoms with Crippen molar-refractivity contribution in [2.75, 3.05) is 20.4 Å². The highest BCUT2D eigenvalue weighted by atomic mass is 16.7. The van der Waals surface area contributed by atoms with E-state index in [4.69, 9.17) is 9.47 Å². The first-order valence-corrected chi connectivity index (χ1v) is 4.13. The Balaban J connectivity index is 2.20. The highest BCUT2D eigenvalue weighted by Gasteiger charge is 2.42. The number of likely N-dealkylation sites (N-methyl/N-ethyl adjacent to an activating group) is 1. The van der Waals surface area contributed by atoms with Crippen LogP contribution >= 0.6 is 0 Å². The quantitative estimate of drug-likeness (QED) is 0.647. The summed E-state index contributed by atoms with van der Waals surface area (Å²) in [6.07, 6.45) is 8.16. The number of ether oxygens (including phenoxy) is 2. The van der Waals surface area contributed by atoms with E-state index in [1.165, 1.54) is 0 Å². The molecule has 0 radical (unpaired) electrons. The minimum atomic E-state index is -0.260. The Labute approximate surface area is 72.0 Å². The Morgan fingerprint density at radius 1 is 1.58 bits per heavy atom. The molecule has 0 amide bonds. The fourth-order valence-corrected chi connectivity index (χ4v) is 1.67. The average molecular weight is 167 g/mol. The highest BCUT2D eigenvalue weighted by molar-refractivity contribution is 5.25. The van der Waals surface area contributed by atoms with Crippen molar-refractivity contribution in [2.24, 2.45) is 0 Å². The van der Waals surface area contributed by atoms with Gasteiger partial charge in [0.25, 0.3) is 0 Å². The minimum absolute atomic E-state index is 0.0787. The second kappa shape index (κ2) is 3.01. The first-order valence-electron chi connectivity index (χ1n) is 4.13. The van der Waals surface area contributed by atoms with E-state index in [-0.39, 0.29) is 11.7 Å². The van der Waals surface area contributed by atoms with Crippen LogP contribution in [0.25, 0.3) is 0 Å². The Kier molecular flexibility index (Phi) is 2.00. The number of hydrogen-bond acceptors (Lipinski definition) is 3. The van der Waals surface area contributed by atoms with Gasteiger partial charge in [-0.25, -0.2) is 0 Å². The first kappa shape index (κ1) is 7.98. The summed E-state index contributed by atoms with van der Waals surface area (Å²) in [4.78, 5) is 0. The van der Waals surface area contributed by atoms with Gasteiger partial charge in [0.05, 0.1) is 0 Å². The molecule has 0 aromatic carbocycles. The molecule has 3 heteroatoms. The number of rotatable bonds is 2. The van der Waals surface area contributed by atoms with Crippen molar-refractivity contribution in [3.05, 3.63) is 24.3 Å². The summed E-state index contributed by atoms with van der Waals surface area (Å²) < 4.78 is 11.0. The SMILES string of the molecule is CNCC12C=CC=CC1OCO2. The molecule has 2 rings (SSSR count). The Hall–Kier alpha value is -0.640. The van der Waals surface area contributed by atoms with E-state index in [0.717, 1.165) is 6.54 Å². The Bertz CT molecular complexity index is 225. The van der Waals surface area contributed by atoms with Crippen molar-refractivity contribution < 1.29 is 9.47 Å². The minimum Gasteiger partial charge on any atom is -0.345 e. The third kappa shape index (κ3) is 1.10. The normalized spacial score (nSPS) is 38.6. The molecule has 1 aliphatic heterocycles. The van der Waals surface area contributed by atoms with Gasteiger partial charge in [-0.05, 0) is 13.1 Å².